The fourth-order valence-corrected chi connectivity index (χ4v) is 4.70. The molecule has 0 heterocycles. The standard InChI is InChI=1S/C32H43N9O10.C2HF3O2/c1-18(42)27(40-29(47)24(14-15-26(44)45)38-28(46)23(36-19(2)43)9-6-16-35-32(33)34)31(49)39-25(17-20-7-4-3-5-8-20)30(48)37-21-10-12-22(13-11-21)41(50)51;3-2(4,5)1(6)7/h3-5,7-8,10-13,18,23-25,27,42H,6,9,14-17H2,1-2H3,(H,36,43)(H,37,48)(H,38,46)(H,39,49)(H,40,47)(H,44,45)(H4,33,34,35);(H,6,7). The fourth-order valence-electron chi connectivity index (χ4n) is 4.70. The predicted octanol–water partition coefficient (Wildman–Crippen LogP) is -0.332. The van der Waals surface area contributed by atoms with Crippen LogP contribution in [0.1, 0.15) is 45.1 Å². The number of guanidine groups is 1. The molecule has 0 aliphatic heterocycles. The van der Waals surface area contributed by atoms with E-state index in [4.69, 9.17) is 21.4 Å². The monoisotopic (exact) mass is 827 g/mol. The minimum atomic E-state index is -5.08. The number of nitro benzene ring substituents is 1. The van der Waals surface area contributed by atoms with Gasteiger partial charge >= 0.3 is 18.1 Å². The molecule has 0 radical (unpaired) electrons. The second-order valence-corrected chi connectivity index (χ2v) is 12.3. The van der Waals surface area contributed by atoms with E-state index in [0.717, 1.165) is 0 Å². The van der Waals surface area contributed by atoms with Crippen LogP contribution in [0.3, 0.4) is 0 Å². The number of rotatable bonds is 20. The molecule has 5 amide bonds. The van der Waals surface area contributed by atoms with Gasteiger partial charge in [-0.3, -0.25) is 43.9 Å². The highest BCUT2D eigenvalue weighted by atomic mass is 19.4. The molecule has 2 rings (SSSR count). The average molecular weight is 828 g/mol. The number of hydrogen-bond acceptors (Lipinski definition) is 11. The molecule has 0 spiro atoms. The van der Waals surface area contributed by atoms with E-state index < -0.39 is 95.7 Å². The minimum Gasteiger partial charge on any atom is -0.481 e. The molecule has 5 unspecified atom stereocenters. The number of non-ortho nitro benzene ring substituents is 1. The molecule has 0 aliphatic carbocycles. The second-order valence-electron chi connectivity index (χ2n) is 12.3. The summed E-state index contributed by atoms with van der Waals surface area (Å²) in [6.45, 7) is 2.51. The van der Waals surface area contributed by atoms with E-state index in [0.29, 0.717) is 5.56 Å². The second kappa shape index (κ2) is 23.9. The zero-order valence-electron chi connectivity index (χ0n) is 31.0. The van der Waals surface area contributed by atoms with E-state index >= 15 is 0 Å². The van der Waals surface area contributed by atoms with Crippen molar-refractivity contribution in [1.82, 2.24) is 21.3 Å². The molecule has 21 nitrogen and oxygen atoms in total. The summed E-state index contributed by atoms with van der Waals surface area (Å²) < 4.78 is 31.7. The summed E-state index contributed by atoms with van der Waals surface area (Å²) in [5.41, 5.74) is 11.3. The Morgan fingerprint density at radius 3 is 1.83 bits per heavy atom. The lowest BCUT2D eigenvalue weighted by atomic mass is 10.0. The van der Waals surface area contributed by atoms with Crippen LogP contribution in [0, 0.1) is 10.1 Å². The number of benzene rings is 2. The number of nitrogens with zero attached hydrogens (tertiary/aromatic N) is 2. The van der Waals surface area contributed by atoms with Crippen molar-refractivity contribution in [2.45, 2.75) is 82.4 Å². The number of nitro groups is 1. The van der Waals surface area contributed by atoms with Crippen molar-refractivity contribution in [3.8, 4) is 0 Å². The summed E-state index contributed by atoms with van der Waals surface area (Å²) in [5, 5.41) is 50.2. The molecule has 5 atom stereocenters. The highest BCUT2D eigenvalue weighted by molar-refractivity contribution is 5.99. The molecule has 318 valence electrons. The Labute approximate surface area is 328 Å². The number of aliphatic hydroxyl groups is 1. The van der Waals surface area contributed by atoms with Gasteiger partial charge in [0, 0.05) is 44.1 Å². The van der Waals surface area contributed by atoms with Gasteiger partial charge < -0.3 is 53.4 Å². The van der Waals surface area contributed by atoms with Crippen molar-refractivity contribution in [3.63, 3.8) is 0 Å². The van der Waals surface area contributed by atoms with Gasteiger partial charge in [-0.1, -0.05) is 30.3 Å². The number of carbonyl (C=O) groups excluding carboxylic acids is 5. The molecule has 24 heteroatoms. The normalized spacial score (nSPS) is 13.3. The van der Waals surface area contributed by atoms with Gasteiger partial charge in [0.05, 0.1) is 11.0 Å². The summed E-state index contributed by atoms with van der Waals surface area (Å²) in [4.78, 5) is 99.8. The largest absolute Gasteiger partial charge is 0.490 e. The number of anilines is 1. The first-order chi connectivity index (χ1) is 27.0. The number of halogens is 3. The lowest BCUT2D eigenvalue weighted by molar-refractivity contribution is -0.384. The van der Waals surface area contributed by atoms with Crippen LogP contribution in [-0.4, -0.2) is 111 Å². The Kier molecular flexibility index (Phi) is 20.3. The van der Waals surface area contributed by atoms with Crippen LogP contribution in [0.2, 0.25) is 0 Å². The molecule has 2 aromatic carbocycles. The summed E-state index contributed by atoms with van der Waals surface area (Å²) >= 11 is 0. The van der Waals surface area contributed by atoms with Crippen LogP contribution in [0.5, 0.6) is 0 Å². The topological polar surface area (TPSA) is 348 Å². The van der Waals surface area contributed by atoms with E-state index in [1.54, 1.807) is 30.3 Å². The number of aliphatic hydroxyl groups excluding tert-OH is 1. The van der Waals surface area contributed by atoms with Gasteiger partial charge in [-0.05, 0) is 43.9 Å². The van der Waals surface area contributed by atoms with Crippen molar-refractivity contribution in [2.24, 2.45) is 16.5 Å². The molecule has 0 fully saturated rings. The molecule has 2 aromatic rings. The average Bonchev–Trinajstić information content (AvgIpc) is 3.13. The third kappa shape index (κ3) is 19.1. The first-order valence-corrected chi connectivity index (χ1v) is 17.0. The van der Waals surface area contributed by atoms with E-state index in [-0.39, 0.29) is 43.1 Å². The number of amides is 5. The van der Waals surface area contributed by atoms with E-state index in [1.165, 1.54) is 38.1 Å². The van der Waals surface area contributed by atoms with Crippen LogP contribution in [0.15, 0.2) is 59.6 Å². The zero-order valence-corrected chi connectivity index (χ0v) is 31.0. The quantitative estimate of drug-likeness (QED) is 0.0269. The maximum atomic E-state index is 13.5. The Hall–Kier alpha value is -6.85. The number of hydrogen-bond donors (Lipinski definition) is 10. The number of alkyl halides is 3. The first kappa shape index (κ1) is 49.2. The summed E-state index contributed by atoms with van der Waals surface area (Å²) in [6, 6.07) is 7.94. The zero-order chi connectivity index (χ0) is 44.2. The van der Waals surface area contributed by atoms with Crippen molar-refractivity contribution >= 4 is 58.8 Å². The first-order valence-electron chi connectivity index (χ1n) is 17.0. The maximum absolute atomic E-state index is 13.5. The smallest absolute Gasteiger partial charge is 0.481 e. The SMILES string of the molecule is CC(=O)NC(CCCN=C(N)N)C(=O)NC(CCC(=O)O)C(=O)NC(C(=O)NC(Cc1ccccc1)C(=O)Nc1ccc([N+](=O)[O-])cc1)C(C)O.O=C(O)C(F)(F)F. The molecule has 0 saturated carbocycles. The van der Waals surface area contributed by atoms with E-state index in [9.17, 15) is 62.3 Å². The number of carboxylic acids is 2. The van der Waals surface area contributed by atoms with Gasteiger partial charge in [0.15, 0.2) is 5.96 Å². The van der Waals surface area contributed by atoms with Gasteiger partial charge in [0.2, 0.25) is 29.5 Å². The molecule has 12 N–H and O–H groups in total. The Balaban J connectivity index is 0.00000219. The lowest BCUT2D eigenvalue weighted by Gasteiger charge is -2.27. The van der Waals surface area contributed by atoms with E-state index in [1.807, 2.05) is 0 Å². The van der Waals surface area contributed by atoms with Crippen molar-refractivity contribution in [3.05, 3.63) is 70.3 Å². The van der Waals surface area contributed by atoms with Crippen LogP contribution in [-0.2, 0) is 40.0 Å². The van der Waals surface area contributed by atoms with Gasteiger partial charge in [-0.15, -0.1) is 0 Å². The van der Waals surface area contributed by atoms with Crippen LogP contribution < -0.4 is 38.1 Å². The van der Waals surface area contributed by atoms with Gasteiger partial charge in [-0.2, -0.15) is 13.2 Å². The third-order valence-corrected chi connectivity index (χ3v) is 7.49. The Morgan fingerprint density at radius 1 is 0.810 bits per heavy atom. The fraction of sp³-hybridized carbons (Fsp3) is 0.412. The highest BCUT2D eigenvalue weighted by Gasteiger charge is 2.38. The van der Waals surface area contributed by atoms with Crippen LogP contribution in [0.25, 0.3) is 0 Å². The third-order valence-electron chi connectivity index (χ3n) is 7.49. The van der Waals surface area contributed by atoms with Crippen molar-refractivity contribution in [2.75, 3.05) is 11.9 Å². The van der Waals surface area contributed by atoms with Crippen LogP contribution >= 0.6 is 0 Å². The number of nitrogens with one attached hydrogen (secondary N) is 5. The minimum absolute atomic E-state index is 0.0309. The molecule has 0 aromatic heterocycles. The van der Waals surface area contributed by atoms with Crippen molar-refractivity contribution in [1.29, 1.82) is 0 Å². The summed E-state index contributed by atoms with van der Waals surface area (Å²) in [6.07, 6.45) is -7.33. The summed E-state index contributed by atoms with van der Waals surface area (Å²) in [7, 11) is 0. The predicted molar refractivity (Wildman–Crippen MR) is 197 cm³/mol. The molecule has 0 bridgehead atoms. The summed E-state index contributed by atoms with van der Waals surface area (Å²) in [5.74, 6) is -8.33. The molecule has 58 heavy (non-hydrogen) atoms. The molecule has 0 aliphatic rings. The molecule has 0 saturated heterocycles. The van der Waals surface area contributed by atoms with Gasteiger partial charge in [-0.25, -0.2) is 4.79 Å². The molecular formula is C34H44F3N9O12. The Bertz CT molecular complexity index is 1780. The number of aliphatic imine (C=N–C) groups is 1. The van der Waals surface area contributed by atoms with Gasteiger partial charge in [0.1, 0.15) is 24.2 Å². The Morgan fingerprint density at radius 2 is 1.34 bits per heavy atom. The maximum Gasteiger partial charge on any atom is 0.490 e. The number of nitrogens with two attached hydrogens (primary N) is 2. The number of carboxylic acid groups (broad SMARTS) is 2. The number of aliphatic carboxylic acids is 2. The van der Waals surface area contributed by atoms with Gasteiger partial charge in [0.25, 0.3) is 5.69 Å². The lowest BCUT2D eigenvalue weighted by Crippen LogP contribution is -2.60. The molecular weight excluding hydrogens is 783 g/mol. The van der Waals surface area contributed by atoms with Crippen LogP contribution in [0.4, 0.5) is 24.5 Å². The van der Waals surface area contributed by atoms with Crippen molar-refractivity contribution < 1.29 is 67.0 Å². The van der Waals surface area contributed by atoms with E-state index in [2.05, 4.69) is 31.6 Å². The number of carbonyl (C=O) groups is 7. The highest BCUT2D eigenvalue weighted by Crippen LogP contribution is 2.17.